The predicted molar refractivity (Wildman–Crippen MR) is 132 cm³/mol. The Balaban J connectivity index is 0.000000288. The number of halogens is 4. The van der Waals surface area contributed by atoms with Crippen LogP contribution in [0.5, 0.6) is 0 Å². The summed E-state index contributed by atoms with van der Waals surface area (Å²) < 4.78 is 51.6. The van der Waals surface area contributed by atoms with Gasteiger partial charge < -0.3 is 30.4 Å². The maximum absolute atomic E-state index is 13.2. The number of hydrogen-bond acceptors (Lipinski definition) is 4. The third kappa shape index (κ3) is 12.0. The van der Waals surface area contributed by atoms with Crippen molar-refractivity contribution in [3.8, 4) is 22.5 Å². The monoisotopic (exact) mass is 904 g/mol. The van der Waals surface area contributed by atoms with E-state index in [1.54, 1.807) is 85.7 Å². The molecule has 0 saturated heterocycles. The van der Waals surface area contributed by atoms with E-state index >= 15 is 0 Å². The van der Waals surface area contributed by atoms with Gasteiger partial charge in [-0.2, -0.15) is 12.4 Å². The van der Waals surface area contributed by atoms with Crippen molar-refractivity contribution in [1.82, 2.24) is 30.4 Å². The summed E-state index contributed by atoms with van der Waals surface area (Å²) in [4.78, 5) is 7.89. The van der Waals surface area contributed by atoms with Gasteiger partial charge >= 0.3 is 0 Å². The van der Waals surface area contributed by atoms with Crippen molar-refractivity contribution in [2.24, 2.45) is 0 Å². The van der Waals surface area contributed by atoms with Gasteiger partial charge in [-0.05, 0) is 23.5 Å². The van der Waals surface area contributed by atoms with E-state index in [1.807, 2.05) is 0 Å². The fourth-order valence-corrected chi connectivity index (χ4v) is 2.69. The minimum absolute atomic E-state index is 0. The van der Waals surface area contributed by atoms with Crippen molar-refractivity contribution >= 4 is 0 Å². The van der Waals surface area contributed by atoms with Gasteiger partial charge in [0.25, 0.3) is 0 Å². The minimum Gasteiger partial charge on any atom is -0.582 e. The number of rotatable bonds is 2. The smallest absolute Gasteiger partial charge is 0.0408 e. The van der Waals surface area contributed by atoms with E-state index in [2.05, 4.69) is 42.5 Å². The maximum atomic E-state index is 13.2. The molecule has 0 unspecified atom stereocenters. The normalized spacial score (nSPS) is 9.10. The van der Waals surface area contributed by atoms with Crippen molar-refractivity contribution in [2.45, 2.75) is 0 Å². The molecule has 2 aromatic carbocycles. The summed E-state index contributed by atoms with van der Waals surface area (Å²) in [5.41, 5.74) is 1.27. The van der Waals surface area contributed by atoms with E-state index in [9.17, 15) is 17.6 Å². The van der Waals surface area contributed by atoms with Gasteiger partial charge in [-0.15, -0.1) is 24.3 Å². The van der Waals surface area contributed by atoms with Crippen LogP contribution in [-0.4, -0.2) is 20.2 Å². The molecule has 0 aliphatic heterocycles. The van der Waals surface area contributed by atoms with Crippen molar-refractivity contribution in [3.63, 3.8) is 0 Å². The molecule has 0 N–H and O–H groups in total. The van der Waals surface area contributed by atoms with E-state index in [1.165, 1.54) is 0 Å². The average Bonchev–Trinajstić information content (AvgIpc) is 3.70. The third-order valence-corrected chi connectivity index (χ3v) is 4.30. The van der Waals surface area contributed by atoms with Gasteiger partial charge in [0.1, 0.15) is 0 Å². The Morgan fingerprint density at radius 3 is 1.23 bits per heavy atom. The second-order valence-electron chi connectivity index (χ2n) is 6.95. The second kappa shape index (κ2) is 19.3. The quantitative estimate of drug-likeness (QED) is 0.164. The first-order valence-corrected chi connectivity index (χ1v) is 10.9. The molecule has 0 aliphatic rings. The molecule has 0 amide bonds. The van der Waals surface area contributed by atoms with Crippen LogP contribution in [0.1, 0.15) is 0 Å². The maximum Gasteiger partial charge on any atom is 0.0408 e. The van der Waals surface area contributed by atoms with Gasteiger partial charge in [0.05, 0.1) is 0 Å². The SMILES string of the molecule is Fc1c[c-]c(-c2ccccn2)c(F)c1.Fc1c[c-]c(-c2ccccn2)c(F)c1.[Pt].[Pt].c1cn[n-]c1.c1cn[n-]c1. The largest absolute Gasteiger partial charge is 0.582 e. The molecule has 0 spiro atoms. The molecule has 6 aromatic rings. The van der Waals surface area contributed by atoms with Gasteiger partial charge in [-0.3, -0.25) is 17.6 Å². The standard InChI is InChI=1S/2C11H6F2N.2C3H3N2.2Pt/c2*12-8-4-5-9(10(13)7-8)11-3-1-2-6-14-11;2*1-2-4-5-3-1;;/h2*1-4,6-7H;2*1-3H;;/q4*-1;;. The van der Waals surface area contributed by atoms with Gasteiger partial charge in [0.15, 0.2) is 0 Å². The summed E-state index contributed by atoms with van der Waals surface area (Å²) in [6.45, 7) is 0. The molecule has 0 bridgehead atoms. The fraction of sp³-hybridized carbons (Fsp3) is 0. The molecule has 6 nitrogen and oxygen atoms in total. The van der Waals surface area contributed by atoms with Crippen molar-refractivity contribution in [3.05, 3.63) is 145 Å². The van der Waals surface area contributed by atoms with E-state index in [0.29, 0.717) is 11.4 Å². The van der Waals surface area contributed by atoms with Gasteiger partial charge in [-0.1, -0.05) is 59.7 Å². The summed E-state index contributed by atoms with van der Waals surface area (Å²) in [7, 11) is 0. The molecule has 4 aromatic heterocycles. The van der Waals surface area contributed by atoms with Crippen molar-refractivity contribution < 1.29 is 59.7 Å². The topological polar surface area (TPSA) is 79.8 Å². The van der Waals surface area contributed by atoms with Crippen LogP contribution >= 0.6 is 0 Å². The number of pyridine rings is 2. The fourth-order valence-electron chi connectivity index (χ4n) is 2.69. The van der Waals surface area contributed by atoms with Gasteiger partial charge in [-0.25, -0.2) is 0 Å². The zero-order chi connectivity index (χ0) is 27.0. The molecule has 0 aliphatic carbocycles. The Kier molecular flexibility index (Phi) is 16.6. The third-order valence-electron chi connectivity index (χ3n) is 4.30. The molecule has 0 fully saturated rings. The van der Waals surface area contributed by atoms with Crippen molar-refractivity contribution in [2.75, 3.05) is 0 Å². The second-order valence-corrected chi connectivity index (χ2v) is 6.95. The predicted octanol–water partition coefficient (Wildman–Crippen LogP) is 5.73. The van der Waals surface area contributed by atoms with Gasteiger partial charge in [0, 0.05) is 90.2 Å². The molecule has 0 atom stereocenters. The molecule has 212 valence electrons. The molecule has 4 heterocycles. The minimum atomic E-state index is -0.649. The van der Waals surface area contributed by atoms with Crippen molar-refractivity contribution in [1.29, 1.82) is 0 Å². The summed E-state index contributed by atoms with van der Waals surface area (Å²) in [5, 5.41) is 13.9. The molecule has 0 saturated carbocycles. The summed E-state index contributed by atoms with van der Waals surface area (Å²) in [6.07, 6.45) is 9.65. The zero-order valence-corrected chi connectivity index (χ0v) is 24.8. The molecule has 0 radical (unpaired) electrons. The molecular weight excluding hydrogens is 886 g/mol. The Hall–Kier alpha value is -3.74. The van der Waals surface area contributed by atoms with E-state index < -0.39 is 23.3 Å². The molecule has 12 heteroatoms. The van der Waals surface area contributed by atoms with Crippen LogP contribution in [0.3, 0.4) is 0 Å². The first-order valence-electron chi connectivity index (χ1n) is 10.9. The Morgan fingerprint density at radius 2 is 0.975 bits per heavy atom. The Morgan fingerprint density at radius 1 is 0.550 bits per heavy atom. The van der Waals surface area contributed by atoms with Crippen LogP contribution in [0.25, 0.3) is 22.5 Å². The number of aromatic nitrogens is 6. The Labute approximate surface area is 256 Å². The van der Waals surface area contributed by atoms with E-state index in [-0.39, 0.29) is 53.3 Å². The molecular formula is C28H18F4N6Pt2-4. The average molecular weight is 905 g/mol. The van der Waals surface area contributed by atoms with Crippen LogP contribution in [0, 0.1) is 35.4 Å². The van der Waals surface area contributed by atoms with Crippen LogP contribution in [-0.2, 0) is 42.1 Å². The Bertz CT molecular complexity index is 1310. The molecule has 40 heavy (non-hydrogen) atoms. The van der Waals surface area contributed by atoms with Gasteiger partial charge in [0.2, 0.25) is 0 Å². The summed E-state index contributed by atoms with van der Waals surface area (Å²) >= 11 is 0. The van der Waals surface area contributed by atoms with Crippen LogP contribution < -0.4 is 10.2 Å². The van der Waals surface area contributed by atoms with Crippen LogP contribution in [0.4, 0.5) is 17.6 Å². The zero-order valence-electron chi connectivity index (χ0n) is 20.2. The van der Waals surface area contributed by atoms with Crippen LogP contribution in [0.2, 0.25) is 0 Å². The first kappa shape index (κ1) is 34.3. The first-order chi connectivity index (χ1) is 18.5. The number of nitrogens with zero attached hydrogens (tertiary/aromatic N) is 6. The number of hydrogen-bond donors (Lipinski definition) is 0. The van der Waals surface area contributed by atoms with E-state index in [4.69, 9.17) is 0 Å². The summed E-state index contributed by atoms with van der Waals surface area (Å²) in [5.74, 6) is -2.57. The van der Waals surface area contributed by atoms with Crippen LogP contribution in [0.15, 0.2) is 110 Å². The van der Waals surface area contributed by atoms with E-state index in [0.717, 1.165) is 24.3 Å². The molecule has 6 rings (SSSR count). The number of benzene rings is 2. The summed E-state index contributed by atoms with van der Waals surface area (Å²) in [6, 6.07) is 22.6.